The Morgan fingerprint density at radius 1 is 1.00 bits per heavy atom. The van der Waals surface area contributed by atoms with Crippen molar-refractivity contribution in [1.29, 1.82) is 0 Å². The second kappa shape index (κ2) is 9.57. The van der Waals surface area contributed by atoms with Gasteiger partial charge in [-0.05, 0) is 67.2 Å². The summed E-state index contributed by atoms with van der Waals surface area (Å²) in [5, 5.41) is 0. The largest absolute Gasteiger partial charge is 0.497 e. The summed E-state index contributed by atoms with van der Waals surface area (Å²) in [6.45, 7) is 9.31. The van der Waals surface area contributed by atoms with E-state index in [0.29, 0.717) is 11.3 Å². The highest BCUT2D eigenvalue weighted by Gasteiger charge is 2.17. The van der Waals surface area contributed by atoms with E-state index >= 15 is 0 Å². The quantitative estimate of drug-likeness (QED) is 0.692. The summed E-state index contributed by atoms with van der Waals surface area (Å²) < 4.78 is 19.7. The van der Waals surface area contributed by atoms with Crippen molar-refractivity contribution in [2.24, 2.45) is 0 Å². The van der Waals surface area contributed by atoms with E-state index in [0.717, 1.165) is 31.6 Å². The molecule has 2 aromatic rings. The van der Waals surface area contributed by atoms with Crippen molar-refractivity contribution >= 4 is 0 Å². The van der Waals surface area contributed by atoms with Crippen molar-refractivity contribution in [3.05, 3.63) is 53.3 Å². The molecular formula is C22H30FNO. The van der Waals surface area contributed by atoms with Gasteiger partial charge in [0.25, 0.3) is 0 Å². The molecular weight excluding hydrogens is 313 g/mol. The lowest BCUT2D eigenvalue weighted by Gasteiger charge is -2.19. The fraction of sp³-hybridized carbons (Fsp3) is 0.455. The highest BCUT2D eigenvalue weighted by molar-refractivity contribution is 5.70. The highest BCUT2D eigenvalue weighted by Crippen LogP contribution is 2.31. The number of aryl methyl sites for hydroxylation is 1. The van der Waals surface area contributed by atoms with Gasteiger partial charge in [-0.25, -0.2) is 4.39 Å². The number of nitrogens with zero attached hydrogens (tertiary/aromatic N) is 1. The Labute approximate surface area is 151 Å². The molecule has 25 heavy (non-hydrogen) atoms. The zero-order valence-electron chi connectivity index (χ0n) is 15.9. The van der Waals surface area contributed by atoms with Crippen LogP contribution in [0, 0.1) is 5.82 Å². The molecule has 0 N–H and O–H groups in total. The van der Waals surface area contributed by atoms with Gasteiger partial charge in [-0.1, -0.05) is 39.0 Å². The van der Waals surface area contributed by atoms with Gasteiger partial charge < -0.3 is 4.74 Å². The second-order valence-corrected chi connectivity index (χ2v) is 6.17. The summed E-state index contributed by atoms with van der Waals surface area (Å²) in [5.41, 5.74) is 4.11. The van der Waals surface area contributed by atoms with Crippen molar-refractivity contribution in [3.8, 4) is 16.9 Å². The summed E-state index contributed by atoms with van der Waals surface area (Å²) in [6, 6.07) is 11.3. The summed E-state index contributed by atoms with van der Waals surface area (Å²) in [7, 11) is 1.61. The fourth-order valence-electron chi connectivity index (χ4n) is 3.28. The van der Waals surface area contributed by atoms with Crippen LogP contribution >= 0.6 is 0 Å². The SMILES string of the molecule is CC.CCc1ccc(-c2cc(OC)ccc2F)c(CN2CCCC2)c1. The average Bonchev–Trinajstić information content (AvgIpc) is 3.17. The molecule has 136 valence electrons. The van der Waals surface area contributed by atoms with E-state index in [4.69, 9.17) is 4.74 Å². The monoisotopic (exact) mass is 343 g/mol. The van der Waals surface area contributed by atoms with E-state index < -0.39 is 0 Å². The number of hydrogen-bond donors (Lipinski definition) is 0. The minimum Gasteiger partial charge on any atom is -0.497 e. The molecule has 2 aromatic carbocycles. The number of rotatable bonds is 5. The number of methoxy groups -OCH3 is 1. The van der Waals surface area contributed by atoms with Gasteiger partial charge in [-0.2, -0.15) is 0 Å². The summed E-state index contributed by atoms with van der Waals surface area (Å²) in [5.74, 6) is 0.491. The molecule has 1 heterocycles. The van der Waals surface area contributed by atoms with Gasteiger partial charge in [0.1, 0.15) is 11.6 Å². The third kappa shape index (κ3) is 4.82. The van der Waals surface area contributed by atoms with Gasteiger partial charge >= 0.3 is 0 Å². The predicted molar refractivity (Wildman–Crippen MR) is 104 cm³/mol. The number of likely N-dealkylation sites (tertiary alicyclic amines) is 1. The normalized spacial score (nSPS) is 14.1. The van der Waals surface area contributed by atoms with Crippen LogP contribution in [0.15, 0.2) is 36.4 Å². The van der Waals surface area contributed by atoms with E-state index in [2.05, 4.69) is 30.0 Å². The maximum atomic E-state index is 14.4. The average molecular weight is 343 g/mol. The molecule has 0 spiro atoms. The number of halogens is 1. The van der Waals surface area contributed by atoms with Gasteiger partial charge in [0, 0.05) is 12.1 Å². The third-order valence-corrected chi connectivity index (χ3v) is 4.63. The molecule has 0 bridgehead atoms. The van der Waals surface area contributed by atoms with Gasteiger partial charge in [-0.3, -0.25) is 4.90 Å². The van der Waals surface area contributed by atoms with Crippen molar-refractivity contribution in [3.63, 3.8) is 0 Å². The highest BCUT2D eigenvalue weighted by atomic mass is 19.1. The van der Waals surface area contributed by atoms with E-state index in [-0.39, 0.29) is 5.82 Å². The molecule has 3 rings (SSSR count). The summed E-state index contributed by atoms with van der Waals surface area (Å²) in [4.78, 5) is 2.45. The molecule has 1 aliphatic rings. The molecule has 0 aliphatic carbocycles. The Balaban J connectivity index is 0.00000109. The van der Waals surface area contributed by atoms with Crippen molar-refractivity contribution in [1.82, 2.24) is 4.90 Å². The van der Waals surface area contributed by atoms with Crippen LogP contribution in [0.2, 0.25) is 0 Å². The van der Waals surface area contributed by atoms with E-state index in [1.54, 1.807) is 19.2 Å². The molecule has 1 aliphatic heterocycles. The maximum Gasteiger partial charge on any atom is 0.131 e. The molecule has 1 saturated heterocycles. The minimum atomic E-state index is -0.197. The Bertz CT molecular complexity index is 678. The first-order valence-corrected chi connectivity index (χ1v) is 9.39. The van der Waals surface area contributed by atoms with Crippen LogP contribution in [0.25, 0.3) is 11.1 Å². The van der Waals surface area contributed by atoms with Crippen molar-refractivity contribution < 1.29 is 9.13 Å². The van der Waals surface area contributed by atoms with Crippen LogP contribution in [0.4, 0.5) is 4.39 Å². The van der Waals surface area contributed by atoms with Crippen molar-refractivity contribution in [2.45, 2.75) is 46.6 Å². The molecule has 0 atom stereocenters. The van der Waals surface area contributed by atoms with Crippen molar-refractivity contribution in [2.75, 3.05) is 20.2 Å². The molecule has 0 amide bonds. The number of benzene rings is 2. The zero-order chi connectivity index (χ0) is 18.2. The van der Waals surface area contributed by atoms with E-state index in [9.17, 15) is 4.39 Å². The van der Waals surface area contributed by atoms with Crippen LogP contribution in [-0.2, 0) is 13.0 Å². The molecule has 0 aromatic heterocycles. The van der Waals surface area contributed by atoms with Gasteiger partial charge in [0.05, 0.1) is 7.11 Å². The van der Waals surface area contributed by atoms with E-state index in [1.807, 2.05) is 13.8 Å². The first-order chi connectivity index (χ1) is 12.2. The zero-order valence-corrected chi connectivity index (χ0v) is 15.9. The Kier molecular flexibility index (Phi) is 7.45. The van der Waals surface area contributed by atoms with Crippen LogP contribution in [0.5, 0.6) is 5.75 Å². The van der Waals surface area contributed by atoms with Gasteiger partial charge in [-0.15, -0.1) is 0 Å². The smallest absolute Gasteiger partial charge is 0.131 e. The Morgan fingerprint density at radius 2 is 1.72 bits per heavy atom. The summed E-state index contributed by atoms with van der Waals surface area (Å²) >= 11 is 0. The molecule has 0 unspecified atom stereocenters. The van der Waals surface area contributed by atoms with E-state index in [1.165, 1.54) is 30.0 Å². The lowest BCUT2D eigenvalue weighted by atomic mass is 9.95. The molecule has 0 radical (unpaired) electrons. The molecule has 3 heteroatoms. The number of hydrogen-bond acceptors (Lipinski definition) is 2. The lowest BCUT2D eigenvalue weighted by Crippen LogP contribution is -2.19. The maximum absolute atomic E-state index is 14.4. The van der Waals surface area contributed by atoms with Crippen LogP contribution in [-0.4, -0.2) is 25.1 Å². The second-order valence-electron chi connectivity index (χ2n) is 6.17. The Morgan fingerprint density at radius 3 is 2.36 bits per heavy atom. The van der Waals surface area contributed by atoms with Gasteiger partial charge in [0.15, 0.2) is 0 Å². The lowest BCUT2D eigenvalue weighted by molar-refractivity contribution is 0.331. The molecule has 1 fully saturated rings. The first kappa shape index (κ1) is 19.5. The third-order valence-electron chi connectivity index (χ3n) is 4.63. The Hall–Kier alpha value is -1.87. The van der Waals surface area contributed by atoms with Crippen LogP contribution in [0.3, 0.4) is 0 Å². The molecule has 0 saturated carbocycles. The fourth-order valence-corrected chi connectivity index (χ4v) is 3.28. The van der Waals surface area contributed by atoms with Gasteiger partial charge in [0.2, 0.25) is 0 Å². The predicted octanol–water partition coefficient (Wildman–Crippen LogP) is 5.69. The van der Waals surface area contributed by atoms with Crippen LogP contribution < -0.4 is 4.74 Å². The molecule has 2 nitrogen and oxygen atoms in total. The standard InChI is InChI=1S/C20H24FNO.C2H6/c1-3-15-6-8-18(16(12-15)14-22-10-4-5-11-22)19-13-17(23-2)7-9-20(19)21;1-2/h6-9,12-13H,3-5,10-11,14H2,1-2H3;1-2H3. The number of ether oxygens (including phenoxy) is 1. The van der Waals surface area contributed by atoms with Crippen LogP contribution in [0.1, 0.15) is 44.7 Å². The summed E-state index contributed by atoms with van der Waals surface area (Å²) in [6.07, 6.45) is 3.51. The minimum absolute atomic E-state index is 0.197. The first-order valence-electron chi connectivity index (χ1n) is 9.39. The topological polar surface area (TPSA) is 12.5 Å².